The van der Waals surface area contributed by atoms with Gasteiger partial charge in [-0.3, -0.25) is 19.3 Å². The summed E-state index contributed by atoms with van der Waals surface area (Å²) in [5.74, 6) is -2.05. The molecule has 3 aromatic rings. The molecule has 0 aliphatic carbocycles. The maximum atomic E-state index is 12.9. The van der Waals surface area contributed by atoms with Gasteiger partial charge in [-0.15, -0.1) is 0 Å². The quantitative estimate of drug-likeness (QED) is 0.410. The van der Waals surface area contributed by atoms with Gasteiger partial charge in [-0.2, -0.15) is 0 Å². The van der Waals surface area contributed by atoms with E-state index in [1.165, 1.54) is 30.0 Å². The Kier molecular flexibility index (Phi) is 6.78. The van der Waals surface area contributed by atoms with Crippen LogP contribution in [0.5, 0.6) is 0 Å². The van der Waals surface area contributed by atoms with Crippen LogP contribution in [0.2, 0.25) is 0 Å². The molecule has 3 aromatic carbocycles. The first kappa shape index (κ1) is 23.9. The van der Waals surface area contributed by atoms with Gasteiger partial charge in [-0.25, -0.2) is 4.79 Å². The number of aryl methyl sites for hydroxylation is 2. The van der Waals surface area contributed by atoms with Crippen LogP contribution in [0.25, 0.3) is 0 Å². The van der Waals surface area contributed by atoms with Gasteiger partial charge in [0.1, 0.15) is 0 Å². The monoisotopic (exact) mass is 470 g/mol. The first-order chi connectivity index (χ1) is 16.7. The number of rotatable bonds is 7. The number of carbonyl (C=O) groups is 4. The number of ether oxygens (including phenoxy) is 1. The highest BCUT2D eigenvalue weighted by atomic mass is 16.5. The number of esters is 1. The van der Waals surface area contributed by atoms with Crippen LogP contribution < -0.4 is 5.32 Å². The van der Waals surface area contributed by atoms with E-state index in [2.05, 4.69) is 5.32 Å². The lowest BCUT2D eigenvalue weighted by molar-refractivity contribution is -0.123. The second-order valence-corrected chi connectivity index (χ2v) is 8.61. The van der Waals surface area contributed by atoms with Gasteiger partial charge in [-0.1, -0.05) is 42.5 Å². The van der Waals surface area contributed by atoms with Crippen molar-refractivity contribution in [2.45, 2.75) is 33.3 Å². The Morgan fingerprint density at radius 2 is 1.63 bits per heavy atom. The molecule has 1 N–H and O–H groups in total. The maximum absolute atomic E-state index is 12.9. The zero-order valence-electron chi connectivity index (χ0n) is 19.8. The van der Waals surface area contributed by atoms with Gasteiger partial charge in [0.15, 0.2) is 6.10 Å². The van der Waals surface area contributed by atoms with E-state index < -0.39 is 23.9 Å². The van der Waals surface area contributed by atoms with Gasteiger partial charge in [0.25, 0.3) is 17.7 Å². The number of nitrogens with zero attached hydrogens (tertiary/aromatic N) is 1. The maximum Gasteiger partial charge on any atom is 0.338 e. The Morgan fingerprint density at radius 3 is 2.37 bits per heavy atom. The van der Waals surface area contributed by atoms with E-state index in [0.717, 1.165) is 16.7 Å². The van der Waals surface area contributed by atoms with Crippen molar-refractivity contribution >= 4 is 29.4 Å². The molecule has 178 valence electrons. The molecule has 1 atom stereocenters. The molecule has 1 aliphatic heterocycles. The molecule has 1 aliphatic rings. The predicted molar refractivity (Wildman–Crippen MR) is 131 cm³/mol. The molecule has 4 rings (SSSR count). The lowest BCUT2D eigenvalue weighted by Crippen LogP contribution is -2.31. The van der Waals surface area contributed by atoms with E-state index in [-0.39, 0.29) is 29.1 Å². The van der Waals surface area contributed by atoms with E-state index in [1.807, 2.05) is 62.4 Å². The van der Waals surface area contributed by atoms with Crippen LogP contribution in [-0.2, 0) is 16.0 Å². The average Bonchev–Trinajstić information content (AvgIpc) is 3.09. The predicted octanol–water partition coefficient (Wildman–Crippen LogP) is 4.33. The van der Waals surface area contributed by atoms with Crippen LogP contribution in [0.4, 0.5) is 5.69 Å². The molecular formula is C28H26N2O5. The van der Waals surface area contributed by atoms with Crippen LogP contribution in [0, 0.1) is 13.8 Å². The highest BCUT2D eigenvalue weighted by Gasteiger charge is 2.36. The van der Waals surface area contributed by atoms with Crippen LogP contribution in [0.1, 0.15) is 54.7 Å². The molecule has 35 heavy (non-hydrogen) atoms. The highest BCUT2D eigenvalue weighted by molar-refractivity contribution is 6.22. The van der Waals surface area contributed by atoms with Gasteiger partial charge in [0.05, 0.1) is 16.7 Å². The number of anilines is 1. The van der Waals surface area contributed by atoms with Crippen LogP contribution >= 0.6 is 0 Å². The number of carbonyl (C=O) groups excluding carboxylic acids is 4. The van der Waals surface area contributed by atoms with E-state index >= 15 is 0 Å². The summed E-state index contributed by atoms with van der Waals surface area (Å²) in [6.45, 7) is 5.51. The van der Waals surface area contributed by atoms with Gasteiger partial charge in [0.2, 0.25) is 0 Å². The third-order valence-electron chi connectivity index (χ3n) is 5.98. The first-order valence-electron chi connectivity index (χ1n) is 11.4. The van der Waals surface area contributed by atoms with E-state index in [1.54, 1.807) is 0 Å². The summed E-state index contributed by atoms with van der Waals surface area (Å²) in [4.78, 5) is 52.1. The molecular weight excluding hydrogens is 444 g/mol. The van der Waals surface area contributed by atoms with Crippen molar-refractivity contribution in [2.75, 3.05) is 11.9 Å². The van der Waals surface area contributed by atoms with Gasteiger partial charge >= 0.3 is 5.97 Å². The summed E-state index contributed by atoms with van der Waals surface area (Å²) in [6, 6.07) is 19.5. The molecule has 3 amide bonds. The van der Waals surface area contributed by atoms with Crippen molar-refractivity contribution in [3.63, 3.8) is 0 Å². The highest BCUT2D eigenvalue weighted by Crippen LogP contribution is 2.25. The summed E-state index contributed by atoms with van der Waals surface area (Å²) >= 11 is 0. The lowest BCUT2D eigenvalue weighted by atomic mass is 10.1. The first-order valence-corrected chi connectivity index (χ1v) is 11.4. The molecule has 7 heteroatoms. The molecule has 0 saturated heterocycles. The fraction of sp³-hybridized carbons (Fsp3) is 0.214. The Balaban J connectivity index is 1.42. The molecule has 0 fully saturated rings. The zero-order valence-corrected chi connectivity index (χ0v) is 19.8. The van der Waals surface area contributed by atoms with Crippen LogP contribution in [-0.4, -0.2) is 41.2 Å². The summed E-state index contributed by atoms with van der Waals surface area (Å²) in [5.41, 5.74) is 4.05. The summed E-state index contributed by atoms with van der Waals surface area (Å²) in [5, 5.41) is 2.77. The second kappa shape index (κ2) is 9.93. The molecule has 0 bridgehead atoms. The largest absolute Gasteiger partial charge is 0.449 e. The number of fused-ring (bicyclic) bond motifs is 1. The average molecular weight is 471 g/mol. The third-order valence-corrected chi connectivity index (χ3v) is 5.98. The third kappa shape index (κ3) is 5.14. The van der Waals surface area contributed by atoms with Crippen LogP contribution in [0.15, 0.2) is 66.7 Å². The molecule has 0 saturated carbocycles. The molecule has 1 heterocycles. The molecule has 7 nitrogen and oxygen atoms in total. The number of nitrogens with one attached hydrogen (secondary N) is 1. The summed E-state index contributed by atoms with van der Waals surface area (Å²) < 4.78 is 5.33. The van der Waals surface area contributed by atoms with Crippen molar-refractivity contribution in [2.24, 2.45) is 0 Å². The van der Waals surface area contributed by atoms with Gasteiger partial charge < -0.3 is 10.1 Å². The number of benzene rings is 3. The standard InChI is InChI=1S/C28H26N2O5/c1-17-9-10-18(2)24(15-17)29-25(31)19(3)35-28(34)21-11-12-22-23(16-21)27(33)30(26(22)32)14-13-20-7-5-4-6-8-20/h4-12,15-16,19H,13-14H2,1-3H3,(H,29,31). The topological polar surface area (TPSA) is 92.8 Å². The van der Waals surface area contributed by atoms with E-state index in [0.29, 0.717) is 12.1 Å². The minimum absolute atomic E-state index is 0.0983. The number of imide groups is 1. The number of hydrogen-bond acceptors (Lipinski definition) is 5. The lowest BCUT2D eigenvalue weighted by Gasteiger charge is -2.15. The smallest absolute Gasteiger partial charge is 0.338 e. The van der Waals surface area contributed by atoms with Gasteiger partial charge in [-0.05, 0) is 68.1 Å². The fourth-order valence-electron chi connectivity index (χ4n) is 3.89. The van der Waals surface area contributed by atoms with Gasteiger partial charge in [0, 0.05) is 12.2 Å². The van der Waals surface area contributed by atoms with Crippen molar-refractivity contribution in [1.82, 2.24) is 4.90 Å². The van der Waals surface area contributed by atoms with Crippen LogP contribution in [0.3, 0.4) is 0 Å². The number of hydrogen-bond donors (Lipinski definition) is 1. The minimum atomic E-state index is -1.06. The molecule has 0 aromatic heterocycles. The minimum Gasteiger partial charge on any atom is -0.449 e. The van der Waals surface area contributed by atoms with Crippen molar-refractivity contribution < 1.29 is 23.9 Å². The fourth-order valence-corrected chi connectivity index (χ4v) is 3.89. The Morgan fingerprint density at radius 1 is 0.914 bits per heavy atom. The molecule has 1 unspecified atom stereocenters. The van der Waals surface area contributed by atoms with Crippen molar-refractivity contribution in [1.29, 1.82) is 0 Å². The molecule has 0 spiro atoms. The van der Waals surface area contributed by atoms with Crippen molar-refractivity contribution in [3.05, 3.63) is 100 Å². The summed E-state index contributed by atoms with van der Waals surface area (Å²) in [7, 11) is 0. The zero-order chi connectivity index (χ0) is 25.1. The number of amides is 3. The second-order valence-electron chi connectivity index (χ2n) is 8.61. The normalized spacial score (nSPS) is 13.4. The summed E-state index contributed by atoms with van der Waals surface area (Å²) in [6.07, 6.45) is -0.524. The van der Waals surface area contributed by atoms with E-state index in [9.17, 15) is 19.2 Å². The Labute approximate surface area is 203 Å². The van der Waals surface area contributed by atoms with Crippen molar-refractivity contribution in [3.8, 4) is 0 Å². The SMILES string of the molecule is Cc1ccc(C)c(NC(=O)C(C)OC(=O)c2ccc3c(c2)C(=O)N(CCc2ccccc2)C3=O)c1. The Hall–Kier alpha value is -4.26. The molecule has 0 radical (unpaired) electrons. The Bertz CT molecular complexity index is 1320. The van der Waals surface area contributed by atoms with E-state index in [4.69, 9.17) is 4.74 Å².